The largest absolute Gasteiger partial charge is 0.462 e. The molecule has 6 atom stereocenters. The van der Waals surface area contributed by atoms with Gasteiger partial charge in [-0.15, -0.1) is 4.83 Å². The summed E-state index contributed by atoms with van der Waals surface area (Å²) in [5.41, 5.74) is 0.892. The number of fused-ring (bicyclic) bond motifs is 1. The van der Waals surface area contributed by atoms with Gasteiger partial charge < -0.3 is 28.8 Å². The third kappa shape index (κ3) is 7.87. The summed E-state index contributed by atoms with van der Waals surface area (Å²) in [6.07, 6.45) is -1.87. The molecule has 4 rings (SSSR count). The van der Waals surface area contributed by atoms with E-state index in [2.05, 4.69) is 25.5 Å². The summed E-state index contributed by atoms with van der Waals surface area (Å²) in [6, 6.07) is 6.40. The number of sulfonamides is 1. The lowest BCUT2D eigenvalue weighted by Crippen LogP contribution is -2.44. The molecular formula is C24H34ClN6O10PS. The number of hydrazine groups is 1. The van der Waals surface area contributed by atoms with Gasteiger partial charge in [-0.25, -0.2) is 13.0 Å². The van der Waals surface area contributed by atoms with Crippen LogP contribution in [0.4, 0.5) is 5.82 Å². The van der Waals surface area contributed by atoms with Gasteiger partial charge in [0.25, 0.3) is 0 Å². The number of hydrogen-bond acceptors (Lipinski definition) is 12. The van der Waals surface area contributed by atoms with Gasteiger partial charge in [0.05, 0.1) is 24.4 Å². The molecular weight excluding hydrogens is 631 g/mol. The van der Waals surface area contributed by atoms with Crippen LogP contribution in [0.25, 0.3) is 11.0 Å². The molecule has 1 fully saturated rings. The molecule has 1 aromatic carbocycles. The number of benzene rings is 1. The minimum absolute atomic E-state index is 0.116. The predicted octanol–water partition coefficient (Wildman–Crippen LogP) is 2.04. The van der Waals surface area contributed by atoms with Crippen LogP contribution >= 0.6 is 19.3 Å². The first kappa shape index (κ1) is 33.2. The summed E-state index contributed by atoms with van der Waals surface area (Å²) in [4.78, 5) is 14.5. The standard InChI is InChI=1S/C24H34ClN6O10PS/c1-13(2)39-22(33)14(3)29-42(35,41-16-8-6-15(25)7-9-16)38-12-18-19(32)24(4,34)23(40-18)31-11-10-17-20(26-28-21(17)31)27-30-43(5,36)37/h6-11,13-14,18-19,23,30,32,34H,12H2,1-5H3,(H,29,35)(H2,26,27,28)/t14?,18?,19-,23?,24-,42?/m1/s1. The van der Waals surface area contributed by atoms with Crippen LogP contribution in [0.15, 0.2) is 36.5 Å². The first-order chi connectivity index (χ1) is 20.0. The number of H-pyrrole nitrogens is 1. The van der Waals surface area contributed by atoms with E-state index in [1.165, 1.54) is 48.9 Å². The van der Waals surface area contributed by atoms with Crippen molar-refractivity contribution in [3.63, 3.8) is 0 Å². The number of rotatable bonds is 13. The lowest BCUT2D eigenvalue weighted by atomic mass is 9.96. The van der Waals surface area contributed by atoms with E-state index in [-0.39, 0.29) is 17.2 Å². The number of aliphatic hydroxyl groups is 2. The molecule has 3 aromatic rings. The number of anilines is 1. The number of ether oxygens (including phenoxy) is 2. The molecule has 1 aliphatic rings. The summed E-state index contributed by atoms with van der Waals surface area (Å²) in [5.74, 6) is -0.353. The Hall–Kier alpha value is -2.73. The van der Waals surface area contributed by atoms with Gasteiger partial charge in [-0.3, -0.25) is 19.8 Å². The van der Waals surface area contributed by atoms with Crippen molar-refractivity contribution in [1.29, 1.82) is 0 Å². The molecule has 238 valence electrons. The molecule has 19 heteroatoms. The Balaban J connectivity index is 1.53. The lowest BCUT2D eigenvalue weighted by molar-refractivity contribution is -0.149. The van der Waals surface area contributed by atoms with Crippen LogP contribution in [0.2, 0.25) is 5.02 Å². The Kier molecular flexibility index (Phi) is 9.80. The number of carbonyl (C=O) groups is 1. The number of hydrogen-bond donors (Lipinski definition) is 6. The second kappa shape index (κ2) is 12.7. The van der Waals surface area contributed by atoms with Gasteiger partial charge in [0.15, 0.2) is 11.9 Å². The first-order valence-electron chi connectivity index (χ1n) is 13.0. The molecule has 3 heterocycles. The fraction of sp³-hybridized carbons (Fsp3) is 0.500. The van der Waals surface area contributed by atoms with Gasteiger partial charge in [0.1, 0.15) is 35.4 Å². The van der Waals surface area contributed by atoms with Gasteiger partial charge in [-0.05, 0) is 58.0 Å². The molecule has 4 unspecified atom stereocenters. The summed E-state index contributed by atoms with van der Waals surface area (Å²) < 4.78 is 60.6. The zero-order valence-corrected chi connectivity index (χ0v) is 26.3. The molecule has 0 saturated carbocycles. The zero-order chi connectivity index (χ0) is 31.7. The van der Waals surface area contributed by atoms with Crippen molar-refractivity contribution in [2.75, 3.05) is 18.3 Å². The van der Waals surface area contributed by atoms with Crippen molar-refractivity contribution in [2.45, 2.75) is 63.9 Å². The molecule has 1 aliphatic heterocycles. The van der Waals surface area contributed by atoms with Crippen molar-refractivity contribution in [2.24, 2.45) is 0 Å². The first-order valence-corrected chi connectivity index (χ1v) is 16.8. The number of aromatic amines is 1. The van der Waals surface area contributed by atoms with Crippen LogP contribution in [0.3, 0.4) is 0 Å². The number of nitrogens with one attached hydrogen (secondary N) is 4. The van der Waals surface area contributed by atoms with Crippen molar-refractivity contribution in [1.82, 2.24) is 24.7 Å². The second-order valence-corrected chi connectivity index (χ2v) is 14.3. The van der Waals surface area contributed by atoms with Crippen LogP contribution in [-0.2, 0) is 33.4 Å². The quantitative estimate of drug-likeness (QED) is 0.0877. The van der Waals surface area contributed by atoms with Crippen LogP contribution in [-0.4, -0.2) is 82.2 Å². The van der Waals surface area contributed by atoms with E-state index in [1.807, 2.05) is 0 Å². The van der Waals surface area contributed by atoms with Gasteiger partial charge >= 0.3 is 13.7 Å². The number of nitrogens with zero attached hydrogens (tertiary/aromatic N) is 2. The van der Waals surface area contributed by atoms with Gasteiger partial charge in [-0.2, -0.15) is 10.2 Å². The summed E-state index contributed by atoms with van der Waals surface area (Å²) in [5, 5.41) is 32.5. The van der Waals surface area contributed by atoms with E-state index in [0.29, 0.717) is 10.4 Å². The highest BCUT2D eigenvalue weighted by Crippen LogP contribution is 2.47. The minimum atomic E-state index is -4.32. The van der Waals surface area contributed by atoms with Crippen molar-refractivity contribution >= 4 is 52.2 Å². The number of carbonyl (C=O) groups excluding carboxylic acids is 1. The molecule has 6 N–H and O–H groups in total. The number of esters is 1. The molecule has 0 radical (unpaired) electrons. The molecule has 1 saturated heterocycles. The van der Waals surface area contributed by atoms with E-state index in [1.54, 1.807) is 19.9 Å². The molecule has 0 aliphatic carbocycles. The average Bonchev–Trinajstić information content (AvgIpc) is 3.55. The average molecular weight is 665 g/mol. The summed E-state index contributed by atoms with van der Waals surface area (Å²) >= 11 is 5.93. The Morgan fingerprint density at radius 1 is 1.28 bits per heavy atom. The fourth-order valence-electron chi connectivity index (χ4n) is 4.25. The van der Waals surface area contributed by atoms with Crippen LogP contribution in [0, 0.1) is 0 Å². The maximum atomic E-state index is 13.8. The normalized spacial score (nSPS) is 24.6. The van der Waals surface area contributed by atoms with Crippen LogP contribution in [0.5, 0.6) is 5.75 Å². The smallest absolute Gasteiger partial charge is 0.459 e. The van der Waals surface area contributed by atoms with Crippen LogP contribution < -0.4 is 19.9 Å². The summed E-state index contributed by atoms with van der Waals surface area (Å²) in [6.45, 7) is 5.56. The molecule has 43 heavy (non-hydrogen) atoms. The lowest BCUT2D eigenvalue weighted by Gasteiger charge is -2.27. The third-order valence-corrected chi connectivity index (χ3v) is 8.67. The van der Waals surface area contributed by atoms with Crippen molar-refractivity contribution < 1.29 is 46.5 Å². The number of aromatic nitrogens is 3. The minimum Gasteiger partial charge on any atom is -0.462 e. The van der Waals surface area contributed by atoms with E-state index < -0.39 is 66.5 Å². The van der Waals surface area contributed by atoms with Gasteiger partial charge in [0, 0.05) is 11.2 Å². The Labute approximate surface area is 252 Å². The predicted molar refractivity (Wildman–Crippen MR) is 156 cm³/mol. The molecule has 16 nitrogen and oxygen atoms in total. The highest BCUT2D eigenvalue weighted by atomic mass is 35.5. The molecule has 2 aromatic heterocycles. The SMILES string of the molecule is CC(C)OC(=O)C(C)NP(=O)(OCC1OC(n2ccc3c(NNS(C)(=O)=O)[nH]nc32)[C@](C)(O)[C@@H]1O)Oc1ccc(Cl)cc1. The Bertz CT molecular complexity index is 1600. The maximum absolute atomic E-state index is 13.8. The topological polar surface area (TPSA) is 215 Å². The Morgan fingerprint density at radius 3 is 2.58 bits per heavy atom. The highest BCUT2D eigenvalue weighted by Gasteiger charge is 2.54. The van der Waals surface area contributed by atoms with Crippen molar-refractivity contribution in [3.8, 4) is 5.75 Å². The zero-order valence-electron chi connectivity index (χ0n) is 23.8. The fourth-order valence-corrected chi connectivity index (χ4v) is 6.16. The second-order valence-electron chi connectivity index (χ2n) is 10.4. The van der Waals surface area contributed by atoms with E-state index in [9.17, 15) is 28.0 Å². The van der Waals surface area contributed by atoms with E-state index in [4.69, 9.17) is 30.1 Å². The van der Waals surface area contributed by atoms with Gasteiger partial charge in [0.2, 0.25) is 10.0 Å². The maximum Gasteiger partial charge on any atom is 0.459 e. The summed E-state index contributed by atoms with van der Waals surface area (Å²) in [7, 11) is -7.89. The highest BCUT2D eigenvalue weighted by molar-refractivity contribution is 7.88. The van der Waals surface area contributed by atoms with E-state index >= 15 is 0 Å². The number of aliphatic hydroxyl groups excluding tert-OH is 1. The number of halogens is 1. The van der Waals surface area contributed by atoms with Crippen molar-refractivity contribution in [3.05, 3.63) is 41.6 Å². The van der Waals surface area contributed by atoms with E-state index in [0.717, 1.165) is 6.26 Å². The van der Waals surface area contributed by atoms with Crippen LogP contribution in [0.1, 0.15) is 33.9 Å². The molecule has 0 spiro atoms. The molecule has 0 bridgehead atoms. The Morgan fingerprint density at radius 2 is 1.95 bits per heavy atom. The van der Waals surface area contributed by atoms with Gasteiger partial charge in [-0.1, -0.05) is 11.6 Å². The third-order valence-electron chi connectivity index (χ3n) is 6.30. The molecule has 0 amide bonds. The monoisotopic (exact) mass is 664 g/mol.